The molecule has 2 fully saturated rings. The predicted octanol–water partition coefficient (Wildman–Crippen LogP) is 0.117. The van der Waals surface area contributed by atoms with E-state index < -0.39 is 5.82 Å². The van der Waals surface area contributed by atoms with Crippen molar-refractivity contribution in [3.8, 4) is 5.75 Å². The lowest BCUT2D eigenvalue weighted by molar-refractivity contribution is -0.124. The van der Waals surface area contributed by atoms with Crippen LogP contribution in [-0.4, -0.2) is 56.2 Å². The van der Waals surface area contributed by atoms with E-state index in [9.17, 15) is 9.18 Å². The lowest BCUT2D eigenvalue weighted by Gasteiger charge is -2.33. The Balaban J connectivity index is 1.44. The first-order chi connectivity index (χ1) is 11.1. The monoisotopic (exact) mass is 322 g/mol. The van der Waals surface area contributed by atoms with Gasteiger partial charge in [0.15, 0.2) is 11.6 Å². The summed E-state index contributed by atoms with van der Waals surface area (Å²) in [5.74, 6) is 0.0311. The fourth-order valence-electron chi connectivity index (χ4n) is 3.24. The zero-order chi connectivity index (χ0) is 16.2. The van der Waals surface area contributed by atoms with Crippen molar-refractivity contribution in [1.82, 2.24) is 21.1 Å². The molecule has 3 rings (SSSR count). The number of hydrogen-bond donors (Lipinski definition) is 3. The van der Waals surface area contributed by atoms with Crippen molar-refractivity contribution in [3.63, 3.8) is 0 Å². The van der Waals surface area contributed by atoms with Crippen LogP contribution in [0.5, 0.6) is 5.75 Å². The molecular formula is C16H23FN4O2. The van der Waals surface area contributed by atoms with Gasteiger partial charge in [0.25, 0.3) is 0 Å². The molecule has 0 radical (unpaired) electrons. The zero-order valence-electron chi connectivity index (χ0n) is 13.2. The van der Waals surface area contributed by atoms with Crippen molar-refractivity contribution in [2.75, 3.05) is 33.3 Å². The topological polar surface area (TPSA) is 65.6 Å². The van der Waals surface area contributed by atoms with E-state index in [1.54, 1.807) is 18.2 Å². The maximum Gasteiger partial charge on any atom is 0.239 e. The van der Waals surface area contributed by atoms with E-state index >= 15 is 0 Å². The summed E-state index contributed by atoms with van der Waals surface area (Å²) in [5.41, 5.74) is 6.31. The van der Waals surface area contributed by atoms with Crippen LogP contribution >= 0.6 is 0 Å². The minimum atomic E-state index is -0.395. The van der Waals surface area contributed by atoms with Gasteiger partial charge in [0.05, 0.1) is 6.54 Å². The fraction of sp³-hybridized carbons (Fsp3) is 0.562. The number of likely N-dealkylation sites (tertiary alicyclic amines) is 1. The van der Waals surface area contributed by atoms with E-state index in [0.29, 0.717) is 12.6 Å². The van der Waals surface area contributed by atoms with Crippen molar-refractivity contribution >= 4 is 5.91 Å². The molecule has 0 aliphatic carbocycles. The van der Waals surface area contributed by atoms with Crippen molar-refractivity contribution in [1.29, 1.82) is 0 Å². The number of amides is 1. The molecule has 7 heteroatoms. The Hall–Kier alpha value is -1.70. The Labute approximate surface area is 135 Å². The number of para-hydroxylation sites is 1. The van der Waals surface area contributed by atoms with E-state index in [1.807, 2.05) is 0 Å². The van der Waals surface area contributed by atoms with Gasteiger partial charge in [-0.3, -0.25) is 10.2 Å². The summed E-state index contributed by atoms with van der Waals surface area (Å²) in [6.07, 6.45) is 1.04. The Morgan fingerprint density at radius 3 is 3.09 bits per heavy atom. The molecule has 3 unspecified atom stereocenters. The van der Waals surface area contributed by atoms with Gasteiger partial charge in [0, 0.05) is 18.5 Å². The van der Waals surface area contributed by atoms with Crippen LogP contribution in [0, 0.1) is 11.7 Å². The van der Waals surface area contributed by atoms with Crippen LogP contribution < -0.4 is 20.9 Å². The number of piperidine rings is 1. The molecule has 1 aromatic rings. The molecule has 2 saturated heterocycles. The molecule has 0 bridgehead atoms. The highest BCUT2D eigenvalue weighted by molar-refractivity contribution is 5.82. The Kier molecular flexibility index (Phi) is 5.09. The number of nitrogens with one attached hydrogen (secondary N) is 3. The number of rotatable bonds is 5. The quantitative estimate of drug-likeness (QED) is 0.672. The van der Waals surface area contributed by atoms with Gasteiger partial charge >= 0.3 is 0 Å². The summed E-state index contributed by atoms with van der Waals surface area (Å²) in [6, 6.07) is 6.35. The molecule has 6 nitrogen and oxygen atoms in total. The smallest absolute Gasteiger partial charge is 0.239 e. The first kappa shape index (κ1) is 16.2. The molecule has 1 amide bonds. The third kappa shape index (κ3) is 3.80. The standard InChI is InChI=1S/C16H23FN4O2/c1-21-8-6-13-11(10-21)15(20-19-13)16(22)18-7-9-23-14-5-3-2-4-12(14)17/h2-5,11,13,15,19-20H,6-10H2,1H3,(H,18,22). The van der Waals surface area contributed by atoms with Crippen LogP contribution in [-0.2, 0) is 4.79 Å². The molecule has 2 aliphatic heterocycles. The first-order valence-corrected chi connectivity index (χ1v) is 8.00. The molecular weight excluding hydrogens is 299 g/mol. The first-order valence-electron chi connectivity index (χ1n) is 8.00. The number of hydrazine groups is 1. The molecule has 0 spiro atoms. The van der Waals surface area contributed by atoms with Gasteiger partial charge in [-0.2, -0.15) is 0 Å². The average molecular weight is 322 g/mol. The van der Waals surface area contributed by atoms with E-state index in [-0.39, 0.29) is 30.2 Å². The maximum absolute atomic E-state index is 13.4. The van der Waals surface area contributed by atoms with Gasteiger partial charge in [-0.1, -0.05) is 12.1 Å². The third-order valence-corrected chi connectivity index (χ3v) is 4.49. The minimum Gasteiger partial charge on any atom is -0.489 e. The average Bonchev–Trinajstić information content (AvgIpc) is 2.96. The van der Waals surface area contributed by atoms with E-state index in [0.717, 1.165) is 19.5 Å². The SMILES string of the molecule is CN1CCC2NNC(C(=O)NCCOc3ccccc3F)C2C1. The summed E-state index contributed by atoms with van der Waals surface area (Å²) in [4.78, 5) is 14.6. The van der Waals surface area contributed by atoms with Gasteiger partial charge in [-0.25, -0.2) is 9.82 Å². The van der Waals surface area contributed by atoms with Gasteiger partial charge in [-0.15, -0.1) is 0 Å². The number of halogens is 1. The van der Waals surface area contributed by atoms with Crippen LogP contribution in [0.2, 0.25) is 0 Å². The van der Waals surface area contributed by atoms with Gasteiger partial charge in [0.2, 0.25) is 5.91 Å². The zero-order valence-corrected chi connectivity index (χ0v) is 13.2. The van der Waals surface area contributed by atoms with Crippen LogP contribution in [0.15, 0.2) is 24.3 Å². The summed E-state index contributed by atoms with van der Waals surface area (Å²) >= 11 is 0. The Morgan fingerprint density at radius 2 is 2.26 bits per heavy atom. The van der Waals surface area contributed by atoms with E-state index in [2.05, 4.69) is 28.1 Å². The minimum absolute atomic E-state index is 0.0440. The summed E-state index contributed by atoms with van der Waals surface area (Å²) < 4.78 is 18.7. The number of carbonyl (C=O) groups is 1. The van der Waals surface area contributed by atoms with Crippen LogP contribution in [0.3, 0.4) is 0 Å². The van der Waals surface area contributed by atoms with Crippen molar-refractivity contribution in [2.45, 2.75) is 18.5 Å². The summed E-state index contributed by atoms with van der Waals surface area (Å²) in [7, 11) is 2.08. The van der Waals surface area contributed by atoms with E-state index in [1.165, 1.54) is 6.07 Å². The number of hydrogen-bond acceptors (Lipinski definition) is 5. The van der Waals surface area contributed by atoms with Crippen LogP contribution in [0.1, 0.15) is 6.42 Å². The second kappa shape index (κ2) is 7.25. The normalized spacial score (nSPS) is 27.5. The molecule has 3 N–H and O–H groups in total. The van der Waals surface area contributed by atoms with Crippen LogP contribution in [0.25, 0.3) is 0 Å². The second-order valence-electron chi connectivity index (χ2n) is 6.16. The lowest BCUT2D eigenvalue weighted by atomic mass is 9.88. The van der Waals surface area contributed by atoms with Gasteiger partial charge < -0.3 is 15.0 Å². The molecule has 23 heavy (non-hydrogen) atoms. The molecule has 0 saturated carbocycles. The molecule has 126 valence electrons. The summed E-state index contributed by atoms with van der Waals surface area (Å²) in [5, 5.41) is 2.85. The Bertz CT molecular complexity index is 557. The van der Waals surface area contributed by atoms with Gasteiger partial charge in [-0.05, 0) is 32.1 Å². The number of nitrogens with zero attached hydrogens (tertiary/aromatic N) is 1. The third-order valence-electron chi connectivity index (χ3n) is 4.49. The number of fused-ring (bicyclic) bond motifs is 1. The lowest BCUT2D eigenvalue weighted by Crippen LogP contribution is -2.50. The fourth-order valence-corrected chi connectivity index (χ4v) is 3.24. The summed E-state index contributed by atoms with van der Waals surface area (Å²) in [6.45, 7) is 2.52. The van der Waals surface area contributed by atoms with Crippen molar-refractivity contribution in [3.05, 3.63) is 30.1 Å². The highest BCUT2D eigenvalue weighted by Gasteiger charge is 2.42. The largest absolute Gasteiger partial charge is 0.489 e. The molecule has 1 aromatic carbocycles. The van der Waals surface area contributed by atoms with Gasteiger partial charge in [0.1, 0.15) is 12.6 Å². The number of carbonyl (C=O) groups excluding carboxylic acids is 1. The van der Waals surface area contributed by atoms with E-state index in [4.69, 9.17) is 4.74 Å². The second-order valence-corrected chi connectivity index (χ2v) is 6.16. The Morgan fingerprint density at radius 1 is 1.43 bits per heavy atom. The molecule has 3 atom stereocenters. The highest BCUT2D eigenvalue weighted by atomic mass is 19.1. The highest BCUT2D eigenvalue weighted by Crippen LogP contribution is 2.23. The molecule has 2 aliphatic rings. The molecule has 0 aromatic heterocycles. The molecule has 2 heterocycles. The van der Waals surface area contributed by atoms with Crippen molar-refractivity contribution in [2.24, 2.45) is 5.92 Å². The van der Waals surface area contributed by atoms with Crippen molar-refractivity contribution < 1.29 is 13.9 Å². The number of ether oxygens (including phenoxy) is 1. The van der Waals surface area contributed by atoms with Crippen LogP contribution in [0.4, 0.5) is 4.39 Å². The maximum atomic E-state index is 13.4. The predicted molar refractivity (Wildman–Crippen MR) is 84.4 cm³/mol. The number of benzene rings is 1.